The molecule has 1 heterocycles. The average molecular weight is 287 g/mol. The van der Waals surface area contributed by atoms with Crippen molar-refractivity contribution in [3.8, 4) is 0 Å². The van der Waals surface area contributed by atoms with Gasteiger partial charge in [0.2, 0.25) is 0 Å². The first kappa shape index (κ1) is 15.3. The van der Waals surface area contributed by atoms with Crippen molar-refractivity contribution in [2.45, 2.75) is 45.1 Å². The highest BCUT2D eigenvalue weighted by molar-refractivity contribution is 7.09. The van der Waals surface area contributed by atoms with Crippen LogP contribution in [-0.2, 0) is 6.42 Å². The van der Waals surface area contributed by atoms with E-state index in [9.17, 15) is 0 Å². The number of rotatable bonds is 8. The molecule has 0 aliphatic carbocycles. The van der Waals surface area contributed by atoms with Crippen molar-refractivity contribution in [1.82, 2.24) is 5.32 Å². The molecule has 0 saturated heterocycles. The quantitative estimate of drug-likeness (QED) is 0.731. The lowest BCUT2D eigenvalue weighted by molar-refractivity contribution is 0.498. The summed E-state index contributed by atoms with van der Waals surface area (Å²) in [6.07, 6.45) is 3.73. The Morgan fingerprint density at radius 1 is 1.05 bits per heavy atom. The van der Waals surface area contributed by atoms with Crippen LogP contribution in [0.4, 0.5) is 0 Å². The zero-order chi connectivity index (χ0) is 14.2. The lowest BCUT2D eigenvalue weighted by Gasteiger charge is -2.19. The van der Waals surface area contributed by atoms with E-state index in [2.05, 4.69) is 67.0 Å². The Kier molecular flexibility index (Phi) is 6.28. The minimum absolute atomic E-state index is 0.554. The fourth-order valence-electron chi connectivity index (χ4n) is 2.47. The molecule has 20 heavy (non-hydrogen) atoms. The standard InChI is InChI=1S/C18H25NS/c1-15(2)19-14-17(16-8-4-3-5-9-16)10-6-11-18-12-7-13-20-18/h3-5,7-9,12-13,15,17,19H,6,10-11,14H2,1-2H3. The van der Waals surface area contributed by atoms with Crippen molar-refractivity contribution in [1.29, 1.82) is 0 Å². The van der Waals surface area contributed by atoms with E-state index >= 15 is 0 Å². The molecule has 1 unspecified atom stereocenters. The largest absolute Gasteiger partial charge is 0.314 e. The Morgan fingerprint density at radius 2 is 1.85 bits per heavy atom. The maximum Gasteiger partial charge on any atom is 0.00452 e. The number of benzene rings is 1. The van der Waals surface area contributed by atoms with Crippen LogP contribution in [-0.4, -0.2) is 12.6 Å². The van der Waals surface area contributed by atoms with Gasteiger partial charge in [-0.1, -0.05) is 50.2 Å². The molecule has 1 aromatic carbocycles. The minimum atomic E-state index is 0.554. The Bertz CT molecular complexity index is 461. The van der Waals surface area contributed by atoms with Crippen molar-refractivity contribution in [2.75, 3.05) is 6.54 Å². The predicted octanol–water partition coefficient (Wildman–Crippen LogP) is 4.85. The maximum absolute atomic E-state index is 3.59. The Labute approximate surface area is 127 Å². The normalized spacial score (nSPS) is 12.8. The van der Waals surface area contributed by atoms with Crippen molar-refractivity contribution in [3.05, 3.63) is 58.3 Å². The minimum Gasteiger partial charge on any atom is -0.314 e. The fraction of sp³-hybridized carbons (Fsp3) is 0.444. The van der Waals surface area contributed by atoms with Crippen LogP contribution in [0.2, 0.25) is 0 Å². The number of hydrogen-bond donors (Lipinski definition) is 1. The molecule has 0 aliphatic heterocycles. The average Bonchev–Trinajstić information content (AvgIpc) is 2.96. The van der Waals surface area contributed by atoms with E-state index in [1.54, 1.807) is 0 Å². The third-order valence-corrected chi connectivity index (χ3v) is 4.54. The van der Waals surface area contributed by atoms with Crippen LogP contribution in [0.25, 0.3) is 0 Å². The van der Waals surface area contributed by atoms with E-state index in [1.165, 1.54) is 29.7 Å². The number of nitrogens with one attached hydrogen (secondary N) is 1. The molecule has 108 valence electrons. The van der Waals surface area contributed by atoms with Crippen LogP contribution in [0.5, 0.6) is 0 Å². The van der Waals surface area contributed by atoms with Crippen LogP contribution in [0.1, 0.15) is 43.0 Å². The van der Waals surface area contributed by atoms with E-state index in [1.807, 2.05) is 11.3 Å². The van der Waals surface area contributed by atoms with Crippen LogP contribution in [0.15, 0.2) is 47.8 Å². The molecule has 0 radical (unpaired) electrons. The van der Waals surface area contributed by atoms with Gasteiger partial charge in [0.05, 0.1) is 0 Å². The smallest absolute Gasteiger partial charge is 0.00452 e. The second-order valence-electron chi connectivity index (χ2n) is 5.64. The lowest BCUT2D eigenvalue weighted by Crippen LogP contribution is -2.28. The van der Waals surface area contributed by atoms with Gasteiger partial charge in [-0.25, -0.2) is 0 Å². The lowest BCUT2D eigenvalue weighted by atomic mass is 9.93. The summed E-state index contributed by atoms with van der Waals surface area (Å²) in [6.45, 7) is 5.51. The van der Waals surface area contributed by atoms with Gasteiger partial charge in [0.15, 0.2) is 0 Å². The predicted molar refractivity (Wildman–Crippen MR) is 89.6 cm³/mol. The fourth-order valence-corrected chi connectivity index (χ4v) is 3.22. The van der Waals surface area contributed by atoms with E-state index in [-0.39, 0.29) is 0 Å². The van der Waals surface area contributed by atoms with Crippen LogP contribution < -0.4 is 5.32 Å². The first-order valence-corrected chi connectivity index (χ1v) is 8.44. The Balaban J connectivity index is 1.88. The first-order valence-electron chi connectivity index (χ1n) is 7.56. The van der Waals surface area contributed by atoms with E-state index in [4.69, 9.17) is 0 Å². The third kappa shape index (κ3) is 5.10. The van der Waals surface area contributed by atoms with Gasteiger partial charge in [-0.2, -0.15) is 0 Å². The molecule has 0 bridgehead atoms. The maximum atomic E-state index is 3.59. The molecule has 2 rings (SSSR count). The van der Waals surface area contributed by atoms with Crippen LogP contribution in [0.3, 0.4) is 0 Å². The highest BCUT2D eigenvalue weighted by Gasteiger charge is 2.11. The second-order valence-corrected chi connectivity index (χ2v) is 6.67. The van der Waals surface area contributed by atoms with Gasteiger partial charge >= 0.3 is 0 Å². The van der Waals surface area contributed by atoms with Crippen molar-refractivity contribution in [3.63, 3.8) is 0 Å². The van der Waals surface area contributed by atoms with E-state index in [0.29, 0.717) is 12.0 Å². The summed E-state index contributed by atoms with van der Waals surface area (Å²) < 4.78 is 0. The molecule has 1 atom stereocenters. The summed E-state index contributed by atoms with van der Waals surface area (Å²) in [5, 5.41) is 5.76. The second kappa shape index (κ2) is 8.23. The van der Waals surface area contributed by atoms with Crippen LogP contribution in [0, 0.1) is 0 Å². The SMILES string of the molecule is CC(C)NCC(CCCc1cccs1)c1ccccc1. The molecular formula is C18H25NS. The molecule has 0 spiro atoms. The van der Waals surface area contributed by atoms with Gasteiger partial charge in [0.25, 0.3) is 0 Å². The molecule has 1 N–H and O–H groups in total. The molecule has 0 amide bonds. The van der Waals surface area contributed by atoms with Gasteiger partial charge in [0.1, 0.15) is 0 Å². The van der Waals surface area contributed by atoms with Gasteiger partial charge in [-0.3, -0.25) is 0 Å². The Morgan fingerprint density at radius 3 is 2.50 bits per heavy atom. The van der Waals surface area contributed by atoms with Crippen molar-refractivity contribution in [2.24, 2.45) is 0 Å². The molecule has 0 aliphatic rings. The van der Waals surface area contributed by atoms with Crippen molar-refractivity contribution >= 4 is 11.3 Å². The number of thiophene rings is 1. The summed E-state index contributed by atoms with van der Waals surface area (Å²) in [6, 6.07) is 15.9. The summed E-state index contributed by atoms with van der Waals surface area (Å²) in [5.74, 6) is 0.624. The molecule has 1 aromatic heterocycles. The van der Waals surface area contributed by atoms with E-state index < -0.39 is 0 Å². The molecule has 2 heteroatoms. The summed E-state index contributed by atoms with van der Waals surface area (Å²) >= 11 is 1.87. The van der Waals surface area contributed by atoms with Crippen LogP contribution >= 0.6 is 11.3 Å². The highest BCUT2D eigenvalue weighted by atomic mass is 32.1. The summed E-state index contributed by atoms with van der Waals surface area (Å²) in [7, 11) is 0. The molecule has 2 aromatic rings. The molecule has 1 nitrogen and oxygen atoms in total. The zero-order valence-corrected chi connectivity index (χ0v) is 13.3. The monoisotopic (exact) mass is 287 g/mol. The Hall–Kier alpha value is -1.12. The molecule has 0 fully saturated rings. The number of aryl methyl sites for hydroxylation is 1. The van der Waals surface area contributed by atoms with Gasteiger partial charge in [-0.05, 0) is 42.2 Å². The van der Waals surface area contributed by atoms with E-state index in [0.717, 1.165) is 6.54 Å². The topological polar surface area (TPSA) is 12.0 Å². The third-order valence-electron chi connectivity index (χ3n) is 3.60. The van der Waals surface area contributed by atoms with Crippen molar-refractivity contribution < 1.29 is 0 Å². The molecule has 0 saturated carbocycles. The van der Waals surface area contributed by atoms with Gasteiger partial charge < -0.3 is 5.32 Å². The van der Waals surface area contributed by atoms with Gasteiger partial charge in [0, 0.05) is 17.5 Å². The first-order chi connectivity index (χ1) is 9.75. The summed E-state index contributed by atoms with van der Waals surface area (Å²) in [5.41, 5.74) is 1.46. The zero-order valence-electron chi connectivity index (χ0n) is 12.5. The molecular weight excluding hydrogens is 262 g/mol. The number of hydrogen-bond acceptors (Lipinski definition) is 2. The highest BCUT2D eigenvalue weighted by Crippen LogP contribution is 2.22. The summed E-state index contributed by atoms with van der Waals surface area (Å²) in [4.78, 5) is 1.51. The van der Waals surface area contributed by atoms with Gasteiger partial charge in [-0.15, -0.1) is 11.3 Å².